The van der Waals surface area contributed by atoms with E-state index < -0.39 is 0 Å². The molecule has 1 amide bonds. The van der Waals surface area contributed by atoms with Crippen LogP contribution in [0.4, 0.5) is 5.82 Å². The van der Waals surface area contributed by atoms with Crippen LogP contribution in [0.3, 0.4) is 0 Å². The van der Waals surface area contributed by atoms with Crippen molar-refractivity contribution in [3.63, 3.8) is 0 Å². The molecule has 3 nitrogen and oxygen atoms in total. The molecule has 0 fully saturated rings. The van der Waals surface area contributed by atoms with Gasteiger partial charge in [-0.05, 0) is 22.4 Å². The van der Waals surface area contributed by atoms with E-state index in [0.29, 0.717) is 12.2 Å². The standard InChI is InChI=1S/C17H12N2O/c20-16-9-12-8-13(10-18-17(12)19-16)15-7-3-5-11-4-1-2-6-14(11)15/h1-8,10H,9H2,(H,18,19,20). The Morgan fingerprint density at radius 2 is 1.90 bits per heavy atom. The second-order valence-corrected chi connectivity index (χ2v) is 4.98. The molecule has 1 aromatic heterocycles. The van der Waals surface area contributed by atoms with Gasteiger partial charge in [-0.2, -0.15) is 0 Å². The van der Waals surface area contributed by atoms with Gasteiger partial charge < -0.3 is 5.32 Å². The van der Waals surface area contributed by atoms with Gasteiger partial charge in [0.25, 0.3) is 0 Å². The maximum atomic E-state index is 11.4. The van der Waals surface area contributed by atoms with Gasteiger partial charge in [0.1, 0.15) is 5.82 Å². The molecule has 96 valence electrons. The fourth-order valence-electron chi connectivity index (χ4n) is 2.73. The van der Waals surface area contributed by atoms with Crippen LogP contribution in [0.15, 0.2) is 54.7 Å². The van der Waals surface area contributed by atoms with E-state index in [-0.39, 0.29) is 5.91 Å². The highest BCUT2D eigenvalue weighted by molar-refractivity contribution is 6.00. The molecule has 20 heavy (non-hydrogen) atoms. The first-order valence-electron chi connectivity index (χ1n) is 6.58. The minimum Gasteiger partial charge on any atom is -0.310 e. The Kier molecular flexibility index (Phi) is 2.33. The van der Waals surface area contributed by atoms with Crippen LogP contribution in [-0.2, 0) is 11.2 Å². The van der Waals surface area contributed by atoms with E-state index in [2.05, 4.69) is 40.6 Å². The Morgan fingerprint density at radius 3 is 2.85 bits per heavy atom. The molecule has 1 N–H and O–H groups in total. The summed E-state index contributed by atoms with van der Waals surface area (Å²) in [7, 11) is 0. The van der Waals surface area contributed by atoms with Gasteiger partial charge in [0.15, 0.2) is 0 Å². The van der Waals surface area contributed by atoms with Crippen molar-refractivity contribution < 1.29 is 4.79 Å². The summed E-state index contributed by atoms with van der Waals surface area (Å²) < 4.78 is 0. The van der Waals surface area contributed by atoms with E-state index in [4.69, 9.17) is 0 Å². The molecule has 1 aliphatic heterocycles. The largest absolute Gasteiger partial charge is 0.310 e. The number of hydrogen-bond acceptors (Lipinski definition) is 2. The highest BCUT2D eigenvalue weighted by Gasteiger charge is 2.19. The molecule has 0 saturated carbocycles. The zero-order valence-electron chi connectivity index (χ0n) is 10.8. The Hall–Kier alpha value is -2.68. The molecule has 0 radical (unpaired) electrons. The van der Waals surface area contributed by atoms with Crippen LogP contribution < -0.4 is 5.32 Å². The van der Waals surface area contributed by atoms with Crippen LogP contribution in [0.1, 0.15) is 5.56 Å². The quantitative estimate of drug-likeness (QED) is 0.728. The molecular weight excluding hydrogens is 248 g/mol. The number of carbonyl (C=O) groups excluding carboxylic acids is 1. The van der Waals surface area contributed by atoms with Gasteiger partial charge in [0, 0.05) is 17.3 Å². The van der Waals surface area contributed by atoms with E-state index in [1.165, 1.54) is 10.8 Å². The molecule has 0 spiro atoms. The molecule has 1 aliphatic rings. The molecule has 0 atom stereocenters. The van der Waals surface area contributed by atoms with Crippen LogP contribution >= 0.6 is 0 Å². The molecule has 2 aromatic carbocycles. The minimum absolute atomic E-state index is 0.0163. The number of benzene rings is 2. The van der Waals surface area contributed by atoms with E-state index in [9.17, 15) is 4.79 Å². The summed E-state index contributed by atoms with van der Waals surface area (Å²) in [6, 6.07) is 16.6. The lowest BCUT2D eigenvalue weighted by molar-refractivity contribution is -0.115. The van der Waals surface area contributed by atoms with Crippen LogP contribution in [0.25, 0.3) is 21.9 Å². The minimum atomic E-state index is 0.0163. The summed E-state index contributed by atoms with van der Waals surface area (Å²) in [5.74, 6) is 0.710. The van der Waals surface area contributed by atoms with Gasteiger partial charge >= 0.3 is 0 Å². The molecule has 0 unspecified atom stereocenters. The maximum absolute atomic E-state index is 11.4. The van der Waals surface area contributed by atoms with E-state index in [1.807, 2.05) is 24.4 Å². The molecule has 4 rings (SSSR count). The fourth-order valence-corrected chi connectivity index (χ4v) is 2.73. The van der Waals surface area contributed by atoms with Gasteiger partial charge in [-0.3, -0.25) is 4.79 Å². The molecule has 0 saturated heterocycles. The Balaban J connectivity index is 1.92. The molecule has 3 heteroatoms. The number of pyridine rings is 1. The van der Waals surface area contributed by atoms with Crippen molar-refractivity contribution in [1.82, 2.24) is 4.98 Å². The maximum Gasteiger partial charge on any atom is 0.230 e. The first kappa shape index (κ1) is 11.2. The van der Waals surface area contributed by atoms with Crippen LogP contribution in [0.5, 0.6) is 0 Å². The van der Waals surface area contributed by atoms with Crippen molar-refractivity contribution >= 4 is 22.5 Å². The zero-order valence-corrected chi connectivity index (χ0v) is 10.8. The lowest BCUT2D eigenvalue weighted by Gasteiger charge is -2.07. The lowest BCUT2D eigenvalue weighted by Crippen LogP contribution is -2.04. The first-order chi connectivity index (χ1) is 9.81. The van der Waals surface area contributed by atoms with Crippen molar-refractivity contribution in [2.75, 3.05) is 5.32 Å². The third-order valence-electron chi connectivity index (χ3n) is 3.68. The summed E-state index contributed by atoms with van der Waals surface area (Å²) in [5, 5.41) is 5.17. The van der Waals surface area contributed by atoms with Crippen molar-refractivity contribution in [2.24, 2.45) is 0 Å². The monoisotopic (exact) mass is 260 g/mol. The number of rotatable bonds is 1. The number of nitrogens with one attached hydrogen (secondary N) is 1. The lowest BCUT2D eigenvalue weighted by atomic mass is 9.98. The number of hydrogen-bond donors (Lipinski definition) is 1. The van der Waals surface area contributed by atoms with Crippen LogP contribution in [-0.4, -0.2) is 10.9 Å². The van der Waals surface area contributed by atoms with Gasteiger partial charge in [-0.25, -0.2) is 4.98 Å². The van der Waals surface area contributed by atoms with Crippen molar-refractivity contribution in [3.8, 4) is 11.1 Å². The number of anilines is 1. The number of nitrogens with zero attached hydrogens (tertiary/aromatic N) is 1. The third kappa shape index (κ3) is 1.67. The van der Waals surface area contributed by atoms with Gasteiger partial charge in [-0.15, -0.1) is 0 Å². The zero-order chi connectivity index (χ0) is 13.5. The van der Waals surface area contributed by atoms with E-state index in [1.54, 1.807) is 0 Å². The average Bonchev–Trinajstić information content (AvgIpc) is 2.85. The van der Waals surface area contributed by atoms with Crippen molar-refractivity contribution in [3.05, 3.63) is 60.3 Å². The normalized spacial score (nSPS) is 13.3. The Labute approximate surface area is 116 Å². The number of fused-ring (bicyclic) bond motifs is 2. The smallest absolute Gasteiger partial charge is 0.230 e. The van der Waals surface area contributed by atoms with Crippen LogP contribution in [0, 0.1) is 0 Å². The second-order valence-electron chi connectivity index (χ2n) is 4.98. The van der Waals surface area contributed by atoms with Crippen molar-refractivity contribution in [1.29, 1.82) is 0 Å². The summed E-state index contributed by atoms with van der Waals surface area (Å²) in [4.78, 5) is 15.8. The highest BCUT2D eigenvalue weighted by atomic mass is 16.1. The second kappa shape index (κ2) is 4.17. The number of carbonyl (C=O) groups is 1. The molecule has 3 aromatic rings. The summed E-state index contributed by atoms with van der Waals surface area (Å²) in [6.45, 7) is 0. The van der Waals surface area contributed by atoms with Gasteiger partial charge in [0.2, 0.25) is 5.91 Å². The Morgan fingerprint density at radius 1 is 1.05 bits per heavy atom. The molecule has 0 aliphatic carbocycles. The Bertz CT molecular complexity index is 834. The summed E-state index contributed by atoms with van der Waals surface area (Å²) >= 11 is 0. The summed E-state index contributed by atoms with van der Waals surface area (Å²) in [6.07, 6.45) is 2.24. The predicted molar refractivity (Wildman–Crippen MR) is 79.5 cm³/mol. The van der Waals surface area contributed by atoms with Gasteiger partial charge in [0.05, 0.1) is 6.42 Å². The topological polar surface area (TPSA) is 42.0 Å². The SMILES string of the molecule is O=C1Cc2cc(-c3cccc4ccccc34)cnc2N1. The molecular formula is C17H12N2O. The molecule has 0 bridgehead atoms. The van der Waals surface area contributed by atoms with Crippen LogP contribution in [0.2, 0.25) is 0 Å². The number of aromatic nitrogens is 1. The average molecular weight is 260 g/mol. The van der Waals surface area contributed by atoms with E-state index >= 15 is 0 Å². The number of amides is 1. The molecule has 2 heterocycles. The fraction of sp³-hybridized carbons (Fsp3) is 0.0588. The summed E-state index contributed by atoms with van der Waals surface area (Å²) in [5.41, 5.74) is 3.18. The highest BCUT2D eigenvalue weighted by Crippen LogP contribution is 2.31. The first-order valence-corrected chi connectivity index (χ1v) is 6.58. The van der Waals surface area contributed by atoms with Crippen molar-refractivity contribution in [2.45, 2.75) is 6.42 Å². The van der Waals surface area contributed by atoms with E-state index in [0.717, 1.165) is 16.7 Å². The third-order valence-corrected chi connectivity index (χ3v) is 3.68. The van der Waals surface area contributed by atoms with Gasteiger partial charge in [-0.1, -0.05) is 42.5 Å². The predicted octanol–water partition coefficient (Wildman–Crippen LogP) is 3.40.